The van der Waals surface area contributed by atoms with Gasteiger partial charge < -0.3 is 4.90 Å². The minimum absolute atomic E-state index is 0.0449. The molecule has 1 atom stereocenters. The van der Waals surface area contributed by atoms with E-state index in [1.54, 1.807) is 0 Å². The molecule has 1 saturated heterocycles. The van der Waals surface area contributed by atoms with Crippen LogP contribution in [0.3, 0.4) is 0 Å². The molecule has 0 saturated carbocycles. The molecular formula is C16H18ClN3O2. The molecule has 1 unspecified atom stereocenters. The molecular weight excluding hydrogens is 302 g/mol. The molecule has 3 rings (SSSR count). The SMILES string of the molecule is O=C1CCC(C(=O)N2CCCC2Cc2ccc(Cl)cc2)=NN1. The van der Waals surface area contributed by atoms with Crippen molar-refractivity contribution in [2.24, 2.45) is 5.10 Å². The van der Waals surface area contributed by atoms with Gasteiger partial charge in [-0.25, -0.2) is 5.43 Å². The standard InChI is InChI=1S/C16H18ClN3O2/c17-12-5-3-11(4-6-12)10-13-2-1-9-20(13)16(22)14-7-8-15(21)19-18-14/h3-6,13H,1-2,7-10H2,(H,19,21). The molecule has 2 aliphatic rings. The van der Waals surface area contributed by atoms with E-state index in [4.69, 9.17) is 11.6 Å². The van der Waals surface area contributed by atoms with Crippen molar-refractivity contribution in [3.05, 3.63) is 34.9 Å². The van der Waals surface area contributed by atoms with Gasteiger partial charge in [0.25, 0.3) is 5.91 Å². The zero-order chi connectivity index (χ0) is 15.5. The Balaban J connectivity index is 1.68. The summed E-state index contributed by atoms with van der Waals surface area (Å²) in [6, 6.07) is 7.94. The first kappa shape index (κ1) is 15.0. The van der Waals surface area contributed by atoms with E-state index in [1.807, 2.05) is 29.2 Å². The zero-order valence-electron chi connectivity index (χ0n) is 12.2. The summed E-state index contributed by atoms with van der Waals surface area (Å²) < 4.78 is 0. The maximum absolute atomic E-state index is 12.6. The van der Waals surface area contributed by atoms with Crippen molar-refractivity contribution >= 4 is 29.1 Å². The highest BCUT2D eigenvalue weighted by molar-refractivity contribution is 6.39. The molecule has 1 fully saturated rings. The van der Waals surface area contributed by atoms with Crippen LogP contribution in [0.5, 0.6) is 0 Å². The normalized spacial score (nSPS) is 21.5. The number of hydrogen-bond acceptors (Lipinski definition) is 3. The summed E-state index contributed by atoms with van der Waals surface area (Å²) in [7, 11) is 0. The largest absolute Gasteiger partial charge is 0.334 e. The maximum atomic E-state index is 12.6. The number of amides is 2. The summed E-state index contributed by atoms with van der Waals surface area (Å²) >= 11 is 5.91. The molecule has 5 nitrogen and oxygen atoms in total. The average Bonchev–Trinajstić information content (AvgIpc) is 2.98. The lowest BCUT2D eigenvalue weighted by Crippen LogP contribution is -2.43. The molecule has 0 aliphatic carbocycles. The third-order valence-corrected chi connectivity index (χ3v) is 4.43. The van der Waals surface area contributed by atoms with Crippen LogP contribution in [-0.2, 0) is 16.0 Å². The first-order valence-corrected chi connectivity index (χ1v) is 7.92. The van der Waals surface area contributed by atoms with Crippen LogP contribution in [0.2, 0.25) is 5.02 Å². The van der Waals surface area contributed by atoms with E-state index in [-0.39, 0.29) is 17.9 Å². The smallest absolute Gasteiger partial charge is 0.270 e. The van der Waals surface area contributed by atoms with Gasteiger partial charge in [0.15, 0.2) is 0 Å². The number of carbonyl (C=O) groups excluding carboxylic acids is 2. The van der Waals surface area contributed by atoms with Crippen LogP contribution in [0, 0.1) is 0 Å². The lowest BCUT2D eigenvalue weighted by Gasteiger charge is -2.26. The second-order valence-electron chi connectivity index (χ2n) is 5.72. The van der Waals surface area contributed by atoms with Crippen LogP contribution >= 0.6 is 11.6 Å². The minimum Gasteiger partial charge on any atom is -0.334 e. The van der Waals surface area contributed by atoms with E-state index < -0.39 is 0 Å². The lowest BCUT2D eigenvalue weighted by molar-refractivity contribution is -0.125. The monoisotopic (exact) mass is 319 g/mol. The Labute approximate surface area is 134 Å². The first-order chi connectivity index (χ1) is 10.6. The molecule has 0 bridgehead atoms. The number of hydrogen-bond donors (Lipinski definition) is 1. The van der Waals surface area contributed by atoms with Gasteiger partial charge >= 0.3 is 0 Å². The van der Waals surface area contributed by atoms with Crippen LogP contribution in [0.15, 0.2) is 29.4 Å². The van der Waals surface area contributed by atoms with Gasteiger partial charge in [-0.2, -0.15) is 5.10 Å². The van der Waals surface area contributed by atoms with Crippen molar-refractivity contribution in [3.8, 4) is 0 Å². The van der Waals surface area contributed by atoms with Gasteiger partial charge in [-0.05, 0) is 37.0 Å². The predicted octanol–water partition coefficient (Wildman–Crippen LogP) is 2.14. The number of rotatable bonds is 3. The summed E-state index contributed by atoms with van der Waals surface area (Å²) in [6.45, 7) is 0.754. The van der Waals surface area contributed by atoms with Gasteiger partial charge in [0.1, 0.15) is 5.71 Å². The average molecular weight is 320 g/mol. The molecule has 0 spiro atoms. The molecule has 1 aromatic carbocycles. The molecule has 6 heteroatoms. The molecule has 22 heavy (non-hydrogen) atoms. The van der Waals surface area contributed by atoms with Crippen LogP contribution in [0.1, 0.15) is 31.2 Å². The minimum atomic E-state index is -0.129. The van der Waals surface area contributed by atoms with Gasteiger partial charge in [-0.3, -0.25) is 9.59 Å². The van der Waals surface area contributed by atoms with Gasteiger partial charge in [-0.15, -0.1) is 0 Å². The zero-order valence-corrected chi connectivity index (χ0v) is 13.0. The van der Waals surface area contributed by atoms with Gasteiger partial charge in [0.2, 0.25) is 5.91 Å². The van der Waals surface area contributed by atoms with E-state index in [0.717, 1.165) is 30.8 Å². The van der Waals surface area contributed by atoms with Gasteiger partial charge in [0.05, 0.1) is 0 Å². The van der Waals surface area contributed by atoms with Crippen LogP contribution in [-0.4, -0.2) is 35.0 Å². The molecule has 2 heterocycles. The summed E-state index contributed by atoms with van der Waals surface area (Å²) in [5.74, 6) is -0.174. The quantitative estimate of drug-likeness (QED) is 0.928. The number of nitrogens with zero attached hydrogens (tertiary/aromatic N) is 2. The van der Waals surface area contributed by atoms with Crippen molar-refractivity contribution in [1.82, 2.24) is 10.3 Å². The second kappa shape index (κ2) is 6.48. The lowest BCUT2D eigenvalue weighted by atomic mass is 10.0. The van der Waals surface area contributed by atoms with Crippen molar-refractivity contribution < 1.29 is 9.59 Å². The highest BCUT2D eigenvalue weighted by Gasteiger charge is 2.32. The Kier molecular flexibility index (Phi) is 4.43. The maximum Gasteiger partial charge on any atom is 0.270 e. The first-order valence-electron chi connectivity index (χ1n) is 7.54. The topological polar surface area (TPSA) is 61.8 Å². The third-order valence-electron chi connectivity index (χ3n) is 4.17. The number of nitrogens with one attached hydrogen (secondary N) is 1. The highest BCUT2D eigenvalue weighted by Crippen LogP contribution is 2.23. The molecule has 1 N–H and O–H groups in total. The van der Waals surface area contributed by atoms with Crippen molar-refractivity contribution in [2.75, 3.05) is 6.54 Å². The van der Waals surface area contributed by atoms with E-state index in [1.165, 1.54) is 5.56 Å². The van der Waals surface area contributed by atoms with Crippen molar-refractivity contribution in [2.45, 2.75) is 38.1 Å². The number of benzene rings is 1. The fraction of sp³-hybridized carbons (Fsp3) is 0.438. The second-order valence-corrected chi connectivity index (χ2v) is 6.16. The van der Waals surface area contributed by atoms with E-state index in [2.05, 4.69) is 10.5 Å². The summed E-state index contributed by atoms with van der Waals surface area (Å²) in [5, 5.41) is 4.63. The Morgan fingerprint density at radius 2 is 2.09 bits per heavy atom. The van der Waals surface area contributed by atoms with Crippen LogP contribution in [0.4, 0.5) is 0 Å². The summed E-state index contributed by atoms with van der Waals surface area (Å²) in [5.41, 5.74) is 4.03. The molecule has 0 aromatic heterocycles. The Morgan fingerprint density at radius 1 is 1.32 bits per heavy atom. The number of hydrazone groups is 1. The van der Waals surface area contributed by atoms with Crippen molar-refractivity contribution in [1.29, 1.82) is 0 Å². The predicted molar refractivity (Wildman–Crippen MR) is 84.7 cm³/mol. The van der Waals surface area contributed by atoms with Crippen LogP contribution in [0.25, 0.3) is 0 Å². The molecule has 116 valence electrons. The van der Waals surface area contributed by atoms with Gasteiger partial charge in [0, 0.05) is 30.5 Å². The van der Waals surface area contributed by atoms with E-state index >= 15 is 0 Å². The van der Waals surface area contributed by atoms with E-state index in [9.17, 15) is 9.59 Å². The van der Waals surface area contributed by atoms with Gasteiger partial charge in [-0.1, -0.05) is 23.7 Å². The molecule has 2 amide bonds. The highest BCUT2D eigenvalue weighted by atomic mass is 35.5. The number of likely N-dealkylation sites (tertiary alicyclic amines) is 1. The van der Waals surface area contributed by atoms with E-state index in [0.29, 0.717) is 18.6 Å². The molecule has 1 aromatic rings. The third kappa shape index (κ3) is 3.30. The fourth-order valence-corrected chi connectivity index (χ4v) is 3.13. The molecule has 0 radical (unpaired) electrons. The fourth-order valence-electron chi connectivity index (χ4n) is 3.00. The van der Waals surface area contributed by atoms with Crippen LogP contribution < -0.4 is 5.43 Å². The Hall–Kier alpha value is -1.88. The molecule has 2 aliphatic heterocycles. The number of halogens is 1. The Morgan fingerprint density at radius 3 is 2.77 bits per heavy atom. The Bertz CT molecular complexity index is 612. The summed E-state index contributed by atoms with van der Waals surface area (Å²) in [4.78, 5) is 25.6. The van der Waals surface area contributed by atoms with Crippen molar-refractivity contribution in [3.63, 3.8) is 0 Å². The number of carbonyl (C=O) groups is 2. The summed E-state index contributed by atoms with van der Waals surface area (Å²) in [6.07, 6.45) is 3.58.